The van der Waals surface area contributed by atoms with Gasteiger partial charge in [0.15, 0.2) is 0 Å². The van der Waals surface area contributed by atoms with Gasteiger partial charge in [-0.25, -0.2) is 24.7 Å². The van der Waals surface area contributed by atoms with Gasteiger partial charge in [0.1, 0.15) is 0 Å². The first kappa shape index (κ1) is 55.6. The van der Waals surface area contributed by atoms with Crippen LogP contribution in [-0.4, -0.2) is 146 Å². The fraction of sp³-hybridized carbons (Fsp3) is 0.276. The van der Waals surface area contributed by atoms with Gasteiger partial charge in [0.25, 0.3) is 0 Å². The predicted molar refractivity (Wildman–Crippen MR) is 312 cm³/mol. The number of amides is 1. The van der Waals surface area contributed by atoms with Crippen LogP contribution in [0.25, 0.3) is 44.3 Å². The van der Waals surface area contributed by atoms with Crippen molar-refractivity contribution in [2.45, 2.75) is 38.0 Å². The number of aliphatic carboxylic acids is 1. The lowest BCUT2D eigenvalue weighted by molar-refractivity contribution is -0.131. The third-order valence-electron chi connectivity index (χ3n) is 12.9. The van der Waals surface area contributed by atoms with Gasteiger partial charge in [-0.2, -0.15) is 0 Å². The van der Waals surface area contributed by atoms with Crippen molar-refractivity contribution >= 4 is 80.2 Å². The van der Waals surface area contributed by atoms with Crippen molar-refractivity contribution in [2.75, 3.05) is 89.1 Å². The number of fused-ring (bicyclic) bond motifs is 2. The SMILES string of the molecule is CN(C)C/C=C/C(=O)Nc1ccc(CN2CC[C@@H](Nc3ncc(Cl)c(-c4c[nH]c5ccccc45)n3)C2)cc1.CN(C)C/C=C/C(=O)O.Nc1ccc(CN2CC[C@@H](Nc3ncc(Cl)c(-c4c[nH]c5ccccc45)n3)C2)cc1. The first-order valence-electron chi connectivity index (χ1n) is 25.5. The van der Waals surface area contributed by atoms with Crippen LogP contribution < -0.4 is 21.7 Å². The Bertz CT molecular complexity index is 3290. The number of aromatic amines is 2. The zero-order valence-corrected chi connectivity index (χ0v) is 45.3. The molecule has 2 fully saturated rings. The number of nitrogen functional groups attached to an aromatic ring is 1. The molecule has 0 aliphatic carbocycles. The number of carbonyl (C=O) groups is 2. The number of H-pyrrole nitrogens is 2. The minimum Gasteiger partial charge on any atom is -0.478 e. The van der Waals surface area contributed by atoms with Crippen molar-refractivity contribution in [1.82, 2.24) is 49.5 Å². The van der Waals surface area contributed by atoms with E-state index in [-0.39, 0.29) is 11.9 Å². The molecular formula is C58H66Cl2N14O3. The standard InChI is InChI=1S/C29H32ClN7O.C23H23ClN6.C6H11NO2/c1-36(2)14-5-8-27(38)33-21-11-9-20(10-12-21)18-37-15-13-22(19-37)34-29-32-17-25(30)28(35-29)24-16-31-26-7-4-3-6-23(24)26;24-20-12-27-23(29-22(20)19-11-26-21-4-2-1-3-18(19)21)28-17-9-10-30(14-17)13-15-5-7-16(25)8-6-15;1-7(2)5-3-4-6(8)9/h3-12,16-17,22,31H,13-15,18-19H2,1-2H3,(H,33,38)(H,32,34,35);1-8,11-12,17,26H,9-10,13-14,25H2,(H,27,28,29);3-4H,5H2,1-2H3,(H,8,9)/b8-5+;;4-3+/t22-;17-;/m11./s1. The first-order valence-corrected chi connectivity index (χ1v) is 26.2. The number of hydrogen-bond acceptors (Lipinski definition) is 13. The molecule has 2 saturated heterocycles. The van der Waals surface area contributed by atoms with Crippen LogP contribution >= 0.6 is 23.2 Å². The molecule has 4 aromatic heterocycles. The summed E-state index contributed by atoms with van der Waals surface area (Å²) in [5.74, 6) is 0.183. The quantitative estimate of drug-likeness (QED) is 0.0334. The van der Waals surface area contributed by atoms with E-state index >= 15 is 0 Å². The molecule has 0 saturated carbocycles. The van der Waals surface area contributed by atoms with E-state index in [1.807, 2.05) is 117 Å². The molecule has 400 valence electrons. The predicted octanol–water partition coefficient (Wildman–Crippen LogP) is 9.76. The summed E-state index contributed by atoms with van der Waals surface area (Å²) in [5, 5.41) is 21.3. The van der Waals surface area contributed by atoms with E-state index < -0.39 is 5.97 Å². The van der Waals surface area contributed by atoms with Crippen molar-refractivity contribution in [1.29, 1.82) is 0 Å². The van der Waals surface area contributed by atoms with E-state index in [1.165, 1.54) is 11.1 Å². The molecule has 0 spiro atoms. The van der Waals surface area contributed by atoms with Gasteiger partial charge in [0, 0.05) is 133 Å². The fourth-order valence-electron chi connectivity index (χ4n) is 9.09. The summed E-state index contributed by atoms with van der Waals surface area (Å²) < 4.78 is 0. The smallest absolute Gasteiger partial charge is 0.328 e. The van der Waals surface area contributed by atoms with Crippen LogP contribution in [0.2, 0.25) is 10.0 Å². The highest BCUT2D eigenvalue weighted by molar-refractivity contribution is 6.33. The number of rotatable bonds is 17. The number of carbonyl (C=O) groups excluding carboxylic acids is 1. The number of carboxylic acids is 1. The topological polar surface area (TPSA) is 213 Å². The molecule has 2 aliphatic rings. The molecule has 8 aromatic rings. The van der Waals surface area contributed by atoms with Gasteiger partial charge in [-0.05, 0) is 88.6 Å². The Morgan fingerprint density at radius 3 is 1.60 bits per heavy atom. The Hall–Kier alpha value is -7.64. The lowest BCUT2D eigenvalue weighted by Crippen LogP contribution is -2.26. The van der Waals surface area contributed by atoms with Gasteiger partial charge in [-0.15, -0.1) is 0 Å². The maximum atomic E-state index is 12.1. The largest absolute Gasteiger partial charge is 0.478 e. The Morgan fingerprint density at radius 1 is 0.675 bits per heavy atom. The highest BCUT2D eigenvalue weighted by Gasteiger charge is 2.25. The van der Waals surface area contributed by atoms with E-state index in [9.17, 15) is 9.59 Å². The number of halogens is 2. The van der Waals surface area contributed by atoms with E-state index in [1.54, 1.807) is 24.5 Å². The number of hydrogen-bond donors (Lipinski definition) is 7. The van der Waals surface area contributed by atoms with Crippen LogP contribution in [0, 0.1) is 0 Å². The molecule has 1 amide bonds. The molecule has 2 aliphatic heterocycles. The van der Waals surface area contributed by atoms with Crippen LogP contribution in [0.15, 0.2) is 146 Å². The molecule has 4 aromatic carbocycles. The molecule has 0 bridgehead atoms. The number of para-hydroxylation sites is 2. The number of aromatic nitrogens is 6. The summed E-state index contributed by atoms with van der Waals surface area (Å²) in [5.41, 5.74) is 15.4. The first-order chi connectivity index (χ1) is 37.2. The summed E-state index contributed by atoms with van der Waals surface area (Å²) in [6, 6.07) is 32.9. The fourth-order valence-corrected chi connectivity index (χ4v) is 9.48. The van der Waals surface area contributed by atoms with E-state index in [0.717, 1.165) is 120 Å². The van der Waals surface area contributed by atoms with Crippen molar-refractivity contribution in [3.63, 3.8) is 0 Å². The molecule has 77 heavy (non-hydrogen) atoms. The molecule has 0 unspecified atom stereocenters. The Balaban J connectivity index is 0.000000179. The zero-order chi connectivity index (χ0) is 54.3. The number of nitrogens with zero attached hydrogens (tertiary/aromatic N) is 8. The van der Waals surface area contributed by atoms with Crippen LogP contribution in [0.4, 0.5) is 23.3 Å². The second-order valence-corrected chi connectivity index (χ2v) is 20.4. The lowest BCUT2D eigenvalue weighted by atomic mass is 10.1. The molecule has 2 atom stereocenters. The van der Waals surface area contributed by atoms with Crippen molar-refractivity contribution in [3.8, 4) is 22.5 Å². The van der Waals surface area contributed by atoms with E-state index in [4.69, 9.17) is 44.0 Å². The summed E-state index contributed by atoms with van der Waals surface area (Å²) in [7, 11) is 7.69. The number of nitrogens with two attached hydrogens (primary N) is 1. The lowest BCUT2D eigenvalue weighted by Gasteiger charge is -2.17. The summed E-state index contributed by atoms with van der Waals surface area (Å²) in [6.07, 6.45) is 15.4. The van der Waals surface area contributed by atoms with E-state index in [0.29, 0.717) is 34.5 Å². The number of benzene rings is 4. The molecular weight excluding hydrogens is 1010 g/mol. The van der Waals surface area contributed by atoms with Gasteiger partial charge in [0.05, 0.1) is 33.8 Å². The number of carboxylic acid groups (broad SMARTS) is 1. The number of nitrogens with one attached hydrogen (secondary N) is 5. The summed E-state index contributed by atoms with van der Waals surface area (Å²) in [6.45, 7) is 7.01. The molecule has 0 radical (unpaired) electrons. The average molecular weight is 1080 g/mol. The number of likely N-dealkylation sites (tertiary alicyclic amines) is 2. The van der Waals surface area contributed by atoms with Gasteiger partial charge in [-0.1, -0.05) is 96.0 Å². The van der Waals surface area contributed by atoms with Crippen LogP contribution in [0.5, 0.6) is 0 Å². The average Bonchev–Trinajstić information content (AvgIpc) is 4.26. The minimum atomic E-state index is -0.892. The van der Waals surface area contributed by atoms with Crippen LogP contribution in [-0.2, 0) is 22.7 Å². The Labute approximate surface area is 459 Å². The molecule has 8 N–H and O–H groups in total. The van der Waals surface area contributed by atoms with Gasteiger partial charge < -0.3 is 46.6 Å². The molecule has 10 rings (SSSR count). The van der Waals surface area contributed by atoms with E-state index in [2.05, 4.69) is 82.1 Å². The second kappa shape index (κ2) is 26.9. The maximum Gasteiger partial charge on any atom is 0.328 e. The van der Waals surface area contributed by atoms with Crippen LogP contribution in [0.3, 0.4) is 0 Å². The number of anilines is 4. The highest BCUT2D eigenvalue weighted by Crippen LogP contribution is 2.34. The van der Waals surface area contributed by atoms with Crippen molar-refractivity contribution in [3.05, 3.63) is 167 Å². The molecule has 19 heteroatoms. The monoisotopic (exact) mass is 1080 g/mol. The minimum absolute atomic E-state index is 0.120. The van der Waals surface area contributed by atoms with Crippen molar-refractivity contribution < 1.29 is 14.7 Å². The third-order valence-corrected chi connectivity index (χ3v) is 13.4. The molecule has 6 heterocycles. The summed E-state index contributed by atoms with van der Waals surface area (Å²) in [4.78, 5) is 55.6. The van der Waals surface area contributed by atoms with Crippen molar-refractivity contribution in [2.24, 2.45) is 0 Å². The maximum absolute atomic E-state index is 12.1. The normalized spacial score (nSPS) is 15.8. The number of likely N-dealkylation sites (N-methyl/N-ethyl adjacent to an activating group) is 2. The van der Waals surface area contributed by atoms with Crippen LogP contribution in [0.1, 0.15) is 24.0 Å². The van der Waals surface area contributed by atoms with Gasteiger partial charge in [-0.3, -0.25) is 14.6 Å². The summed E-state index contributed by atoms with van der Waals surface area (Å²) >= 11 is 12.9. The highest BCUT2D eigenvalue weighted by atomic mass is 35.5. The Morgan fingerprint density at radius 2 is 1.13 bits per heavy atom. The molecule has 17 nitrogen and oxygen atoms in total. The Kier molecular flexibility index (Phi) is 19.4. The zero-order valence-electron chi connectivity index (χ0n) is 43.8. The third kappa shape index (κ3) is 16.2. The van der Waals surface area contributed by atoms with Gasteiger partial charge >= 0.3 is 5.97 Å². The van der Waals surface area contributed by atoms with Gasteiger partial charge in [0.2, 0.25) is 17.8 Å². The second-order valence-electron chi connectivity index (χ2n) is 19.6.